The summed E-state index contributed by atoms with van der Waals surface area (Å²) >= 11 is 0. The van der Waals surface area contributed by atoms with Gasteiger partial charge in [-0.2, -0.15) is 9.78 Å². The number of aromatic nitrogens is 3. The highest BCUT2D eigenvalue weighted by Gasteiger charge is 2.37. The number of rotatable bonds is 5. The minimum atomic E-state index is 0.254. The van der Waals surface area contributed by atoms with Crippen LogP contribution in [0.25, 0.3) is 5.82 Å². The fraction of sp³-hybridized carbons (Fsp3) is 0.364. The highest BCUT2D eigenvalue weighted by atomic mass is 16.3. The quantitative estimate of drug-likeness (QED) is 0.757. The van der Waals surface area contributed by atoms with E-state index in [-0.39, 0.29) is 5.88 Å². The molecule has 1 atom stereocenters. The molecular weight excluding hydrogens is 336 g/mol. The minimum absolute atomic E-state index is 0.254. The third kappa shape index (κ3) is 3.23. The molecule has 0 radical (unpaired) electrons. The average molecular weight is 360 g/mol. The van der Waals surface area contributed by atoms with Gasteiger partial charge < -0.3 is 5.11 Å². The Balaban J connectivity index is 1.41. The summed E-state index contributed by atoms with van der Waals surface area (Å²) in [6.07, 6.45) is 7.16. The van der Waals surface area contributed by atoms with E-state index in [4.69, 9.17) is 0 Å². The third-order valence-electron chi connectivity index (χ3n) is 5.75. The van der Waals surface area contributed by atoms with Crippen molar-refractivity contribution in [2.75, 3.05) is 0 Å². The number of pyridine rings is 1. The van der Waals surface area contributed by atoms with Crippen molar-refractivity contribution in [2.24, 2.45) is 0 Å². The summed E-state index contributed by atoms with van der Waals surface area (Å²) in [5, 5.41) is 15.5. The van der Waals surface area contributed by atoms with Crippen LogP contribution in [-0.4, -0.2) is 36.9 Å². The number of benzene rings is 1. The van der Waals surface area contributed by atoms with E-state index >= 15 is 0 Å². The Morgan fingerprint density at radius 1 is 1.00 bits per heavy atom. The van der Waals surface area contributed by atoms with Crippen LogP contribution in [0.5, 0.6) is 5.88 Å². The molecule has 0 amide bonds. The van der Waals surface area contributed by atoms with Gasteiger partial charge in [-0.3, -0.25) is 4.90 Å². The summed E-state index contributed by atoms with van der Waals surface area (Å²) in [6.45, 7) is 0.987. The number of nitrogens with zero attached hydrogens (tertiary/aromatic N) is 4. The van der Waals surface area contributed by atoms with Crippen LogP contribution in [0.3, 0.4) is 0 Å². The fourth-order valence-electron chi connectivity index (χ4n) is 4.21. The molecule has 0 aliphatic heterocycles. The zero-order chi connectivity index (χ0) is 18.2. The lowest BCUT2D eigenvalue weighted by molar-refractivity contribution is 0.160. The topological polar surface area (TPSA) is 54.2 Å². The van der Waals surface area contributed by atoms with Gasteiger partial charge in [0.2, 0.25) is 5.88 Å². The molecule has 1 aromatic carbocycles. The van der Waals surface area contributed by atoms with Gasteiger partial charge in [-0.25, -0.2) is 4.98 Å². The van der Waals surface area contributed by atoms with Crippen molar-refractivity contribution >= 4 is 0 Å². The molecule has 0 saturated heterocycles. The molecule has 2 aliphatic carbocycles. The van der Waals surface area contributed by atoms with Crippen LogP contribution >= 0.6 is 0 Å². The molecule has 2 heterocycles. The molecule has 1 N–H and O–H groups in total. The molecule has 5 rings (SSSR count). The fourth-order valence-corrected chi connectivity index (χ4v) is 4.21. The van der Waals surface area contributed by atoms with Crippen molar-refractivity contribution in [3.63, 3.8) is 0 Å². The highest BCUT2D eigenvalue weighted by molar-refractivity contribution is 5.39. The average Bonchev–Trinajstić information content (AvgIpc) is 3.51. The SMILES string of the molecule is Oc1c2c(nn1-c1ccccn1)CCC(N(Cc1ccccc1)C1CC1)C2. The van der Waals surface area contributed by atoms with Crippen LogP contribution in [-0.2, 0) is 19.4 Å². The highest BCUT2D eigenvalue weighted by Crippen LogP contribution is 2.37. The molecule has 2 aromatic heterocycles. The molecule has 5 nitrogen and oxygen atoms in total. The minimum Gasteiger partial charge on any atom is -0.493 e. The summed E-state index contributed by atoms with van der Waals surface area (Å²) in [4.78, 5) is 6.98. The lowest BCUT2D eigenvalue weighted by Crippen LogP contribution is -2.40. The first-order valence-electron chi connectivity index (χ1n) is 9.80. The van der Waals surface area contributed by atoms with Gasteiger partial charge in [-0.05, 0) is 49.8 Å². The van der Waals surface area contributed by atoms with E-state index in [1.165, 1.54) is 18.4 Å². The molecule has 1 saturated carbocycles. The van der Waals surface area contributed by atoms with E-state index in [1.807, 2.05) is 18.2 Å². The van der Waals surface area contributed by atoms with Gasteiger partial charge in [0.25, 0.3) is 0 Å². The largest absolute Gasteiger partial charge is 0.493 e. The van der Waals surface area contributed by atoms with E-state index in [1.54, 1.807) is 10.9 Å². The van der Waals surface area contributed by atoms with E-state index in [0.717, 1.165) is 37.1 Å². The molecular formula is C22H24N4O. The molecule has 1 fully saturated rings. The Labute approximate surface area is 159 Å². The molecule has 2 aliphatic rings. The van der Waals surface area contributed by atoms with Crippen LogP contribution < -0.4 is 0 Å². The van der Waals surface area contributed by atoms with Crippen molar-refractivity contribution < 1.29 is 5.11 Å². The van der Waals surface area contributed by atoms with Crippen LogP contribution in [0.2, 0.25) is 0 Å². The van der Waals surface area contributed by atoms with E-state index in [2.05, 4.69) is 45.3 Å². The van der Waals surface area contributed by atoms with E-state index < -0.39 is 0 Å². The lowest BCUT2D eigenvalue weighted by atomic mass is 9.91. The van der Waals surface area contributed by atoms with Crippen molar-refractivity contribution in [1.29, 1.82) is 0 Å². The summed E-state index contributed by atoms with van der Waals surface area (Å²) in [6, 6.07) is 17.5. The number of fused-ring (bicyclic) bond motifs is 1. The zero-order valence-electron chi connectivity index (χ0n) is 15.3. The Hall–Kier alpha value is -2.66. The summed E-state index contributed by atoms with van der Waals surface area (Å²) < 4.78 is 1.59. The summed E-state index contributed by atoms with van der Waals surface area (Å²) in [5.74, 6) is 0.924. The maximum absolute atomic E-state index is 10.8. The molecule has 1 unspecified atom stereocenters. The zero-order valence-corrected chi connectivity index (χ0v) is 15.3. The Morgan fingerprint density at radius 2 is 1.81 bits per heavy atom. The van der Waals surface area contributed by atoms with E-state index in [0.29, 0.717) is 17.9 Å². The molecule has 138 valence electrons. The lowest BCUT2D eigenvalue weighted by Gasteiger charge is -2.34. The van der Waals surface area contributed by atoms with Gasteiger partial charge in [0.05, 0.1) is 5.69 Å². The molecule has 0 bridgehead atoms. The van der Waals surface area contributed by atoms with Gasteiger partial charge in [0.1, 0.15) is 0 Å². The molecule has 0 spiro atoms. The van der Waals surface area contributed by atoms with E-state index in [9.17, 15) is 5.11 Å². The van der Waals surface area contributed by atoms with Gasteiger partial charge in [0, 0.05) is 30.4 Å². The first kappa shape index (κ1) is 16.5. The monoisotopic (exact) mass is 360 g/mol. The standard InChI is InChI=1S/C22H24N4O/c27-22-19-14-18(25(17-9-10-17)15-16-6-2-1-3-7-16)11-12-20(19)24-26(22)21-8-4-5-13-23-21/h1-8,13,17-18,27H,9-12,14-15H2. The predicted octanol–water partition coefficient (Wildman–Crippen LogP) is 3.49. The van der Waals surface area contributed by atoms with Gasteiger partial charge in [-0.15, -0.1) is 0 Å². The number of aryl methyl sites for hydroxylation is 1. The van der Waals surface area contributed by atoms with Gasteiger partial charge >= 0.3 is 0 Å². The van der Waals surface area contributed by atoms with Crippen molar-refractivity contribution in [3.05, 3.63) is 71.5 Å². The van der Waals surface area contributed by atoms with Crippen LogP contribution in [0.15, 0.2) is 54.7 Å². The Morgan fingerprint density at radius 3 is 2.56 bits per heavy atom. The first-order valence-corrected chi connectivity index (χ1v) is 9.80. The molecule has 27 heavy (non-hydrogen) atoms. The second-order valence-electron chi connectivity index (χ2n) is 7.63. The number of hydrogen-bond donors (Lipinski definition) is 1. The van der Waals surface area contributed by atoms with Crippen molar-refractivity contribution in [3.8, 4) is 11.7 Å². The predicted molar refractivity (Wildman–Crippen MR) is 104 cm³/mol. The maximum Gasteiger partial charge on any atom is 0.219 e. The van der Waals surface area contributed by atoms with Gasteiger partial charge in [-0.1, -0.05) is 36.4 Å². The third-order valence-corrected chi connectivity index (χ3v) is 5.75. The van der Waals surface area contributed by atoms with Crippen molar-refractivity contribution in [2.45, 2.75) is 50.7 Å². The number of hydrogen-bond acceptors (Lipinski definition) is 4. The van der Waals surface area contributed by atoms with Crippen LogP contribution in [0.4, 0.5) is 0 Å². The second-order valence-corrected chi connectivity index (χ2v) is 7.63. The van der Waals surface area contributed by atoms with Crippen LogP contribution in [0, 0.1) is 0 Å². The Bertz CT molecular complexity index is 918. The van der Waals surface area contributed by atoms with Crippen molar-refractivity contribution in [1.82, 2.24) is 19.7 Å². The maximum atomic E-state index is 10.8. The smallest absolute Gasteiger partial charge is 0.219 e. The summed E-state index contributed by atoms with van der Waals surface area (Å²) in [7, 11) is 0. The van der Waals surface area contributed by atoms with Gasteiger partial charge in [0.15, 0.2) is 5.82 Å². The summed E-state index contributed by atoms with van der Waals surface area (Å²) in [5.41, 5.74) is 3.38. The second kappa shape index (κ2) is 6.82. The number of aromatic hydroxyl groups is 1. The first-order chi connectivity index (χ1) is 13.3. The van der Waals surface area contributed by atoms with Crippen LogP contribution in [0.1, 0.15) is 36.1 Å². The normalized spacial score (nSPS) is 19.2. The molecule has 5 heteroatoms. The Kier molecular flexibility index (Phi) is 4.17. The molecule has 3 aromatic rings.